The Bertz CT molecular complexity index is 1020. The number of carbonyl (C=O) groups excluding carboxylic acids is 2. The zero-order valence-corrected chi connectivity index (χ0v) is 16.8. The molecule has 0 atom stereocenters. The van der Waals surface area contributed by atoms with Crippen molar-refractivity contribution in [1.82, 2.24) is 0 Å². The van der Waals surface area contributed by atoms with Crippen LogP contribution in [0.15, 0.2) is 66.7 Å². The highest BCUT2D eigenvalue weighted by molar-refractivity contribution is 6.30. The number of rotatable bonds is 4. The van der Waals surface area contributed by atoms with Crippen molar-refractivity contribution in [1.29, 1.82) is 0 Å². The smallest absolute Gasteiger partial charge is 0.410 e. The molecule has 0 unspecified atom stereocenters. The molecule has 0 saturated carbocycles. The molecule has 0 heterocycles. The van der Waals surface area contributed by atoms with Crippen LogP contribution in [-0.2, 0) is 0 Å². The second-order valence-electron chi connectivity index (χ2n) is 5.97. The number of carbonyl (C=O) groups is 2. The number of benzene rings is 3. The Balaban J connectivity index is 1.62. The van der Waals surface area contributed by atoms with Crippen molar-refractivity contribution in [2.24, 2.45) is 0 Å². The van der Waals surface area contributed by atoms with Crippen LogP contribution in [0.4, 0.5) is 21.0 Å². The predicted molar refractivity (Wildman–Crippen MR) is 113 cm³/mol. The van der Waals surface area contributed by atoms with Crippen molar-refractivity contribution in [2.75, 3.05) is 10.6 Å². The van der Waals surface area contributed by atoms with E-state index >= 15 is 0 Å². The fraction of sp³-hybridized carbons (Fsp3) is 0.0476. The zero-order valence-electron chi connectivity index (χ0n) is 15.2. The molecule has 3 rings (SSSR count). The van der Waals surface area contributed by atoms with Gasteiger partial charge in [-0.15, -0.1) is 0 Å². The third kappa shape index (κ3) is 6.14. The number of halogens is 2. The molecule has 0 fully saturated rings. The van der Waals surface area contributed by atoms with Gasteiger partial charge in [-0.2, -0.15) is 0 Å². The Hall–Kier alpha value is -3.22. The van der Waals surface area contributed by atoms with Gasteiger partial charge in [0.1, 0.15) is 11.5 Å². The van der Waals surface area contributed by atoms with E-state index in [9.17, 15) is 9.59 Å². The van der Waals surface area contributed by atoms with Crippen LogP contribution in [-0.4, -0.2) is 12.2 Å². The predicted octanol–water partition coefficient (Wildman–Crippen LogP) is 6.52. The molecule has 0 radical (unpaired) electrons. The van der Waals surface area contributed by atoms with E-state index in [4.69, 9.17) is 32.7 Å². The molecule has 3 aromatic carbocycles. The molecule has 29 heavy (non-hydrogen) atoms. The first-order chi connectivity index (χ1) is 13.9. The van der Waals surface area contributed by atoms with Gasteiger partial charge < -0.3 is 9.47 Å². The normalized spacial score (nSPS) is 10.2. The Morgan fingerprint density at radius 2 is 1.21 bits per heavy atom. The SMILES string of the molecule is Cc1ccc(NC(=O)Oc2ccc(Cl)cc2)cc1NC(=O)Oc1ccc(Cl)cc1. The summed E-state index contributed by atoms with van der Waals surface area (Å²) in [7, 11) is 0. The average Bonchev–Trinajstić information content (AvgIpc) is 2.68. The van der Waals surface area contributed by atoms with E-state index in [1.807, 2.05) is 6.92 Å². The van der Waals surface area contributed by atoms with Gasteiger partial charge in [-0.05, 0) is 73.2 Å². The maximum Gasteiger partial charge on any atom is 0.417 e. The summed E-state index contributed by atoms with van der Waals surface area (Å²) in [5.74, 6) is 0.703. The van der Waals surface area contributed by atoms with Crippen LogP contribution in [0, 0.1) is 6.92 Å². The van der Waals surface area contributed by atoms with Gasteiger partial charge in [0.2, 0.25) is 0 Å². The highest BCUT2D eigenvalue weighted by atomic mass is 35.5. The summed E-state index contributed by atoms with van der Waals surface area (Å²) >= 11 is 11.6. The van der Waals surface area contributed by atoms with E-state index < -0.39 is 12.2 Å². The fourth-order valence-corrected chi connectivity index (χ4v) is 2.58. The van der Waals surface area contributed by atoms with E-state index in [1.165, 1.54) is 0 Å². The quantitative estimate of drug-likeness (QED) is 0.493. The van der Waals surface area contributed by atoms with E-state index in [0.29, 0.717) is 32.9 Å². The van der Waals surface area contributed by atoms with Crippen molar-refractivity contribution in [3.05, 3.63) is 82.3 Å². The molecule has 6 nitrogen and oxygen atoms in total. The number of aryl methyl sites for hydroxylation is 1. The third-order valence-electron chi connectivity index (χ3n) is 3.77. The maximum atomic E-state index is 12.1. The van der Waals surface area contributed by atoms with Gasteiger partial charge >= 0.3 is 12.2 Å². The lowest BCUT2D eigenvalue weighted by Crippen LogP contribution is -2.19. The summed E-state index contributed by atoms with van der Waals surface area (Å²) in [6.45, 7) is 1.81. The minimum atomic E-state index is -0.675. The standard InChI is InChI=1S/C21H16Cl2N2O4/c1-13-2-7-16(24-20(26)28-17-8-3-14(22)4-9-17)12-19(13)25-21(27)29-18-10-5-15(23)6-11-18/h2-12H,1H3,(H,24,26)(H,25,27). The first kappa shape index (κ1) is 20.5. The second-order valence-corrected chi connectivity index (χ2v) is 6.84. The highest BCUT2D eigenvalue weighted by Gasteiger charge is 2.10. The van der Waals surface area contributed by atoms with Crippen molar-refractivity contribution < 1.29 is 19.1 Å². The summed E-state index contributed by atoms with van der Waals surface area (Å²) in [5.41, 5.74) is 1.71. The van der Waals surface area contributed by atoms with Gasteiger partial charge in [-0.3, -0.25) is 10.6 Å². The molecule has 0 aliphatic rings. The summed E-state index contributed by atoms with van der Waals surface area (Å²) in [5, 5.41) is 6.32. The van der Waals surface area contributed by atoms with Crippen LogP contribution in [0.5, 0.6) is 11.5 Å². The van der Waals surface area contributed by atoms with E-state index in [2.05, 4.69) is 10.6 Å². The lowest BCUT2D eigenvalue weighted by molar-refractivity contribution is 0.214. The number of ether oxygens (including phenoxy) is 2. The molecular weight excluding hydrogens is 415 g/mol. The van der Waals surface area contributed by atoms with Crippen LogP contribution in [0.2, 0.25) is 10.0 Å². The molecule has 0 aliphatic heterocycles. The van der Waals surface area contributed by atoms with Gasteiger partial charge in [0, 0.05) is 21.4 Å². The average molecular weight is 431 g/mol. The molecule has 2 amide bonds. The Morgan fingerprint density at radius 3 is 1.72 bits per heavy atom. The number of hydrogen-bond acceptors (Lipinski definition) is 4. The number of anilines is 2. The first-order valence-electron chi connectivity index (χ1n) is 8.48. The van der Waals surface area contributed by atoms with Crippen molar-refractivity contribution in [2.45, 2.75) is 6.92 Å². The maximum absolute atomic E-state index is 12.1. The molecule has 0 aromatic heterocycles. The summed E-state index contributed by atoms with van der Waals surface area (Å²) in [6, 6.07) is 17.8. The van der Waals surface area contributed by atoms with Crippen molar-refractivity contribution in [3.63, 3.8) is 0 Å². The number of hydrogen-bond donors (Lipinski definition) is 2. The largest absolute Gasteiger partial charge is 0.417 e. The number of nitrogens with one attached hydrogen (secondary N) is 2. The van der Waals surface area contributed by atoms with Crippen molar-refractivity contribution in [3.8, 4) is 11.5 Å². The molecular formula is C21H16Cl2N2O4. The second kappa shape index (κ2) is 9.32. The molecule has 148 valence electrons. The van der Waals surface area contributed by atoms with Crippen LogP contribution >= 0.6 is 23.2 Å². The van der Waals surface area contributed by atoms with Gasteiger partial charge in [0.15, 0.2) is 0 Å². The Labute approximate surface area is 177 Å². The van der Waals surface area contributed by atoms with Gasteiger partial charge in [0.25, 0.3) is 0 Å². The molecule has 0 saturated heterocycles. The minimum Gasteiger partial charge on any atom is -0.410 e. The van der Waals surface area contributed by atoms with Crippen LogP contribution in [0.3, 0.4) is 0 Å². The Morgan fingerprint density at radius 1 is 0.724 bits per heavy atom. The lowest BCUT2D eigenvalue weighted by atomic mass is 10.2. The van der Waals surface area contributed by atoms with E-state index in [0.717, 1.165) is 5.56 Å². The summed E-state index contributed by atoms with van der Waals surface area (Å²) in [6.07, 6.45) is -1.35. The highest BCUT2D eigenvalue weighted by Crippen LogP contribution is 2.22. The zero-order chi connectivity index (χ0) is 20.8. The fourth-order valence-electron chi connectivity index (χ4n) is 2.33. The van der Waals surface area contributed by atoms with Crippen LogP contribution < -0.4 is 20.1 Å². The molecule has 0 spiro atoms. The summed E-state index contributed by atoms with van der Waals surface area (Å²) < 4.78 is 10.4. The van der Waals surface area contributed by atoms with Crippen LogP contribution in [0.1, 0.15) is 5.56 Å². The van der Waals surface area contributed by atoms with Gasteiger partial charge in [-0.25, -0.2) is 9.59 Å². The molecule has 2 N–H and O–H groups in total. The molecule has 0 aliphatic carbocycles. The van der Waals surface area contributed by atoms with Gasteiger partial charge in [-0.1, -0.05) is 29.3 Å². The molecule has 3 aromatic rings. The van der Waals surface area contributed by atoms with Crippen LogP contribution in [0.25, 0.3) is 0 Å². The first-order valence-corrected chi connectivity index (χ1v) is 9.24. The number of amides is 2. The van der Waals surface area contributed by atoms with Crippen molar-refractivity contribution >= 4 is 46.8 Å². The minimum absolute atomic E-state index is 0.351. The Kier molecular flexibility index (Phi) is 6.59. The topological polar surface area (TPSA) is 76.7 Å². The third-order valence-corrected chi connectivity index (χ3v) is 4.27. The molecule has 8 heteroatoms. The van der Waals surface area contributed by atoms with E-state index in [1.54, 1.807) is 66.7 Å². The summed E-state index contributed by atoms with van der Waals surface area (Å²) in [4.78, 5) is 24.2. The molecule has 0 bridgehead atoms. The lowest BCUT2D eigenvalue weighted by Gasteiger charge is -2.12. The monoisotopic (exact) mass is 430 g/mol. The van der Waals surface area contributed by atoms with Gasteiger partial charge in [0.05, 0.1) is 0 Å². The van der Waals surface area contributed by atoms with E-state index in [-0.39, 0.29) is 0 Å².